The molecule has 0 saturated heterocycles. The monoisotopic (exact) mass is 180 g/mol. The van der Waals surface area contributed by atoms with Gasteiger partial charge in [-0.1, -0.05) is 27.2 Å². The number of rotatable bonds is 4. The van der Waals surface area contributed by atoms with Crippen LogP contribution in [0.5, 0.6) is 0 Å². The molecule has 1 aromatic heterocycles. The number of ketones is 1. The third-order valence-electron chi connectivity index (χ3n) is 2.72. The Morgan fingerprint density at radius 1 is 1.54 bits per heavy atom. The van der Waals surface area contributed by atoms with Crippen molar-refractivity contribution in [2.24, 2.45) is 11.8 Å². The molecule has 1 rings (SSSR count). The summed E-state index contributed by atoms with van der Waals surface area (Å²) in [7, 11) is 0. The van der Waals surface area contributed by atoms with Crippen LogP contribution in [-0.2, 0) is 0 Å². The number of carbonyl (C=O) groups excluding carboxylic acids is 1. The first-order chi connectivity index (χ1) is 6.16. The van der Waals surface area contributed by atoms with Crippen LogP contribution in [0, 0.1) is 11.8 Å². The Morgan fingerprint density at radius 2 is 2.23 bits per heavy atom. The molecule has 0 aliphatic carbocycles. The third-order valence-corrected chi connectivity index (χ3v) is 2.72. The van der Waals surface area contributed by atoms with Gasteiger partial charge < -0.3 is 4.42 Å². The molecular formula is C11H16O2. The van der Waals surface area contributed by atoms with Crippen molar-refractivity contribution in [1.82, 2.24) is 0 Å². The second-order valence-corrected chi connectivity index (χ2v) is 3.55. The molecule has 2 atom stereocenters. The summed E-state index contributed by atoms with van der Waals surface area (Å²) in [5.41, 5.74) is 0.688. The fourth-order valence-corrected chi connectivity index (χ4v) is 1.28. The van der Waals surface area contributed by atoms with Gasteiger partial charge >= 0.3 is 0 Å². The van der Waals surface area contributed by atoms with Crippen LogP contribution in [-0.4, -0.2) is 5.78 Å². The Kier molecular flexibility index (Phi) is 3.29. The second-order valence-electron chi connectivity index (χ2n) is 3.55. The minimum absolute atomic E-state index is 0.0857. The average Bonchev–Trinajstić information content (AvgIpc) is 2.67. The van der Waals surface area contributed by atoms with Gasteiger partial charge in [0.25, 0.3) is 0 Å². The molecule has 72 valence electrons. The van der Waals surface area contributed by atoms with E-state index in [1.165, 1.54) is 12.5 Å². The first kappa shape index (κ1) is 10.0. The van der Waals surface area contributed by atoms with Gasteiger partial charge in [0.15, 0.2) is 5.78 Å². The van der Waals surface area contributed by atoms with E-state index in [4.69, 9.17) is 4.42 Å². The van der Waals surface area contributed by atoms with E-state index in [2.05, 4.69) is 13.8 Å². The van der Waals surface area contributed by atoms with Gasteiger partial charge in [-0.3, -0.25) is 4.79 Å². The van der Waals surface area contributed by atoms with Crippen LogP contribution < -0.4 is 0 Å². The van der Waals surface area contributed by atoms with Gasteiger partial charge in [-0.25, -0.2) is 0 Å². The molecule has 0 aliphatic rings. The molecule has 0 saturated carbocycles. The number of hydrogen-bond donors (Lipinski definition) is 0. The van der Waals surface area contributed by atoms with Gasteiger partial charge in [0.1, 0.15) is 6.26 Å². The normalized spacial score (nSPS) is 15.3. The fourth-order valence-electron chi connectivity index (χ4n) is 1.28. The van der Waals surface area contributed by atoms with Gasteiger partial charge in [-0.2, -0.15) is 0 Å². The Labute approximate surface area is 78.9 Å². The SMILES string of the molecule is CCC(C)C(C)C(=O)c1ccoc1. The molecule has 2 heteroatoms. The van der Waals surface area contributed by atoms with Crippen LogP contribution in [0.2, 0.25) is 0 Å². The molecule has 2 unspecified atom stereocenters. The summed E-state index contributed by atoms with van der Waals surface area (Å²) in [6.07, 6.45) is 4.09. The Balaban J connectivity index is 2.68. The van der Waals surface area contributed by atoms with Crippen LogP contribution in [0.25, 0.3) is 0 Å². The van der Waals surface area contributed by atoms with Crippen molar-refractivity contribution >= 4 is 5.78 Å². The van der Waals surface area contributed by atoms with E-state index >= 15 is 0 Å². The number of hydrogen-bond acceptors (Lipinski definition) is 2. The maximum absolute atomic E-state index is 11.7. The summed E-state index contributed by atoms with van der Waals surface area (Å²) in [4.78, 5) is 11.7. The molecule has 0 bridgehead atoms. The predicted octanol–water partition coefficient (Wildman–Crippen LogP) is 3.14. The summed E-state index contributed by atoms with van der Waals surface area (Å²) in [5, 5.41) is 0. The zero-order valence-electron chi connectivity index (χ0n) is 8.41. The van der Waals surface area contributed by atoms with Crippen LogP contribution >= 0.6 is 0 Å². The summed E-state index contributed by atoms with van der Waals surface area (Å²) in [6, 6.07) is 1.72. The lowest BCUT2D eigenvalue weighted by Crippen LogP contribution is -2.17. The van der Waals surface area contributed by atoms with E-state index in [9.17, 15) is 4.79 Å². The summed E-state index contributed by atoms with van der Waals surface area (Å²) < 4.78 is 4.88. The standard InChI is InChI=1S/C11H16O2/c1-4-8(2)9(3)11(12)10-5-6-13-7-10/h5-9H,4H2,1-3H3. The van der Waals surface area contributed by atoms with Crippen molar-refractivity contribution in [2.45, 2.75) is 27.2 Å². The Hall–Kier alpha value is -1.05. The fraction of sp³-hybridized carbons (Fsp3) is 0.545. The molecule has 0 radical (unpaired) electrons. The highest BCUT2D eigenvalue weighted by atomic mass is 16.3. The lowest BCUT2D eigenvalue weighted by Gasteiger charge is -2.15. The molecule has 0 aromatic carbocycles. The van der Waals surface area contributed by atoms with Crippen LogP contribution in [0.15, 0.2) is 23.0 Å². The molecule has 13 heavy (non-hydrogen) atoms. The average molecular weight is 180 g/mol. The zero-order chi connectivity index (χ0) is 9.84. The molecule has 1 aromatic rings. The number of carbonyl (C=O) groups is 1. The van der Waals surface area contributed by atoms with Gasteiger partial charge in [0.05, 0.1) is 11.8 Å². The quantitative estimate of drug-likeness (QED) is 0.666. The molecular weight excluding hydrogens is 164 g/mol. The lowest BCUT2D eigenvalue weighted by molar-refractivity contribution is 0.0891. The molecule has 2 nitrogen and oxygen atoms in total. The van der Waals surface area contributed by atoms with E-state index < -0.39 is 0 Å². The van der Waals surface area contributed by atoms with Crippen molar-refractivity contribution in [3.8, 4) is 0 Å². The Morgan fingerprint density at radius 3 is 2.69 bits per heavy atom. The van der Waals surface area contributed by atoms with E-state index in [-0.39, 0.29) is 11.7 Å². The highest BCUT2D eigenvalue weighted by molar-refractivity contribution is 5.97. The van der Waals surface area contributed by atoms with Gasteiger partial charge in [0.2, 0.25) is 0 Å². The first-order valence-corrected chi connectivity index (χ1v) is 4.73. The van der Waals surface area contributed by atoms with Crippen LogP contribution in [0.3, 0.4) is 0 Å². The minimum atomic E-state index is 0.0857. The highest BCUT2D eigenvalue weighted by Gasteiger charge is 2.20. The first-order valence-electron chi connectivity index (χ1n) is 4.73. The van der Waals surface area contributed by atoms with Crippen LogP contribution in [0.1, 0.15) is 37.6 Å². The summed E-state index contributed by atoms with van der Waals surface area (Å²) in [5.74, 6) is 0.702. The van der Waals surface area contributed by atoms with E-state index in [0.29, 0.717) is 11.5 Å². The van der Waals surface area contributed by atoms with Crippen LogP contribution in [0.4, 0.5) is 0 Å². The summed E-state index contributed by atoms with van der Waals surface area (Å²) >= 11 is 0. The molecule has 0 N–H and O–H groups in total. The number of furan rings is 1. The zero-order valence-corrected chi connectivity index (χ0v) is 8.41. The smallest absolute Gasteiger partial charge is 0.169 e. The van der Waals surface area contributed by atoms with Crippen molar-refractivity contribution in [3.63, 3.8) is 0 Å². The predicted molar refractivity (Wildman–Crippen MR) is 51.7 cm³/mol. The molecule has 0 aliphatic heterocycles. The highest BCUT2D eigenvalue weighted by Crippen LogP contribution is 2.19. The van der Waals surface area contributed by atoms with Crippen molar-refractivity contribution in [1.29, 1.82) is 0 Å². The van der Waals surface area contributed by atoms with Crippen molar-refractivity contribution in [2.75, 3.05) is 0 Å². The molecule has 1 heterocycles. The summed E-state index contributed by atoms with van der Waals surface area (Å²) in [6.45, 7) is 6.18. The third kappa shape index (κ3) is 2.20. The van der Waals surface area contributed by atoms with Gasteiger partial charge in [-0.15, -0.1) is 0 Å². The lowest BCUT2D eigenvalue weighted by atomic mass is 9.88. The molecule has 0 amide bonds. The minimum Gasteiger partial charge on any atom is -0.472 e. The van der Waals surface area contributed by atoms with Crippen molar-refractivity contribution < 1.29 is 9.21 Å². The number of Topliss-reactive ketones (excluding diaryl/α,β-unsaturated/α-hetero) is 1. The molecule has 0 fully saturated rings. The largest absolute Gasteiger partial charge is 0.472 e. The topological polar surface area (TPSA) is 30.2 Å². The van der Waals surface area contributed by atoms with Crippen molar-refractivity contribution in [3.05, 3.63) is 24.2 Å². The Bertz CT molecular complexity index is 262. The van der Waals surface area contributed by atoms with Gasteiger partial charge in [-0.05, 0) is 12.0 Å². The molecule has 0 spiro atoms. The van der Waals surface area contributed by atoms with E-state index in [0.717, 1.165) is 6.42 Å². The van der Waals surface area contributed by atoms with E-state index in [1.54, 1.807) is 6.07 Å². The van der Waals surface area contributed by atoms with E-state index in [1.807, 2.05) is 6.92 Å². The maximum Gasteiger partial charge on any atom is 0.169 e. The second kappa shape index (κ2) is 4.26. The maximum atomic E-state index is 11.7. The van der Waals surface area contributed by atoms with Gasteiger partial charge in [0, 0.05) is 5.92 Å².